The second-order valence-electron chi connectivity index (χ2n) is 5.97. The van der Waals surface area contributed by atoms with E-state index in [0.29, 0.717) is 12.0 Å². The standard InChI is InChI=1S/C16H23NOS/c1-10-4-7-15(12(3)8-10)17-16(18)14-9-13(19)6-5-11(14)2/h5-6,9-10,12,15,19H,4,7-8H2,1-3H3,(H,17,18). The molecule has 2 rings (SSSR count). The highest BCUT2D eigenvalue weighted by molar-refractivity contribution is 7.80. The molecule has 0 bridgehead atoms. The molecule has 1 saturated carbocycles. The van der Waals surface area contributed by atoms with E-state index in [-0.39, 0.29) is 5.91 Å². The highest BCUT2D eigenvalue weighted by Crippen LogP contribution is 2.29. The summed E-state index contributed by atoms with van der Waals surface area (Å²) in [6.45, 7) is 6.50. The van der Waals surface area contributed by atoms with Gasteiger partial charge in [0.15, 0.2) is 0 Å². The number of amides is 1. The van der Waals surface area contributed by atoms with Gasteiger partial charge >= 0.3 is 0 Å². The van der Waals surface area contributed by atoms with Crippen LogP contribution in [0.5, 0.6) is 0 Å². The van der Waals surface area contributed by atoms with Crippen molar-refractivity contribution in [1.82, 2.24) is 5.32 Å². The molecule has 19 heavy (non-hydrogen) atoms. The topological polar surface area (TPSA) is 29.1 Å². The lowest BCUT2D eigenvalue weighted by atomic mass is 9.80. The molecule has 3 atom stereocenters. The summed E-state index contributed by atoms with van der Waals surface area (Å²) >= 11 is 4.31. The fourth-order valence-electron chi connectivity index (χ4n) is 2.98. The van der Waals surface area contributed by atoms with Crippen LogP contribution in [0.25, 0.3) is 0 Å². The maximum absolute atomic E-state index is 12.4. The minimum absolute atomic E-state index is 0.0415. The van der Waals surface area contributed by atoms with Gasteiger partial charge in [-0.05, 0) is 55.7 Å². The Hall–Kier alpha value is -0.960. The molecule has 3 unspecified atom stereocenters. The maximum Gasteiger partial charge on any atom is 0.251 e. The zero-order valence-corrected chi connectivity index (χ0v) is 12.8. The van der Waals surface area contributed by atoms with Crippen molar-refractivity contribution >= 4 is 18.5 Å². The van der Waals surface area contributed by atoms with Gasteiger partial charge in [0.1, 0.15) is 0 Å². The third-order valence-corrected chi connectivity index (χ3v) is 4.49. The van der Waals surface area contributed by atoms with Crippen LogP contribution >= 0.6 is 12.6 Å². The fraction of sp³-hybridized carbons (Fsp3) is 0.562. The molecule has 0 aromatic heterocycles. The average Bonchev–Trinajstić information content (AvgIpc) is 2.35. The van der Waals surface area contributed by atoms with E-state index in [4.69, 9.17) is 0 Å². The van der Waals surface area contributed by atoms with Crippen LogP contribution in [0.3, 0.4) is 0 Å². The molecule has 1 aromatic carbocycles. The first-order valence-electron chi connectivity index (χ1n) is 7.08. The van der Waals surface area contributed by atoms with E-state index >= 15 is 0 Å². The zero-order valence-electron chi connectivity index (χ0n) is 11.9. The summed E-state index contributed by atoms with van der Waals surface area (Å²) in [7, 11) is 0. The summed E-state index contributed by atoms with van der Waals surface area (Å²) in [5, 5.41) is 3.20. The third-order valence-electron chi connectivity index (χ3n) is 4.21. The van der Waals surface area contributed by atoms with Gasteiger partial charge in [0.25, 0.3) is 5.91 Å². The van der Waals surface area contributed by atoms with Crippen LogP contribution in [0.2, 0.25) is 0 Å². The number of carbonyl (C=O) groups excluding carboxylic acids is 1. The van der Waals surface area contributed by atoms with E-state index in [1.54, 1.807) is 0 Å². The van der Waals surface area contributed by atoms with Crippen LogP contribution in [0.1, 0.15) is 49.0 Å². The van der Waals surface area contributed by atoms with Crippen LogP contribution in [-0.4, -0.2) is 11.9 Å². The summed E-state index contributed by atoms with van der Waals surface area (Å²) in [6.07, 6.45) is 3.51. The molecule has 104 valence electrons. The lowest BCUT2D eigenvalue weighted by Gasteiger charge is -2.33. The van der Waals surface area contributed by atoms with Gasteiger partial charge in [-0.15, -0.1) is 12.6 Å². The molecule has 1 fully saturated rings. The Morgan fingerprint density at radius 1 is 1.32 bits per heavy atom. The molecule has 3 heteroatoms. The second kappa shape index (κ2) is 6.00. The molecule has 0 spiro atoms. The predicted octanol–water partition coefficient (Wildman–Crippen LogP) is 3.84. The summed E-state index contributed by atoms with van der Waals surface area (Å²) in [6, 6.07) is 6.03. The SMILES string of the molecule is Cc1ccc(S)cc1C(=O)NC1CCC(C)CC1C. The van der Waals surface area contributed by atoms with Crippen LogP contribution in [0.4, 0.5) is 0 Å². The molecule has 0 aliphatic heterocycles. The number of thiol groups is 1. The molecule has 1 amide bonds. The molecule has 1 aromatic rings. The first kappa shape index (κ1) is 14.4. The summed E-state index contributed by atoms with van der Waals surface area (Å²) < 4.78 is 0. The van der Waals surface area contributed by atoms with Gasteiger partial charge in [0.05, 0.1) is 0 Å². The minimum atomic E-state index is 0.0415. The number of nitrogens with one attached hydrogen (secondary N) is 1. The Balaban J connectivity index is 2.06. The van der Waals surface area contributed by atoms with Crippen molar-refractivity contribution in [2.24, 2.45) is 11.8 Å². The zero-order chi connectivity index (χ0) is 14.0. The molecule has 0 saturated heterocycles. The van der Waals surface area contributed by atoms with E-state index in [9.17, 15) is 4.79 Å². The van der Waals surface area contributed by atoms with Crippen molar-refractivity contribution in [1.29, 1.82) is 0 Å². The first-order valence-corrected chi connectivity index (χ1v) is 7.52. The molecule has 0 radical (unpaired) electrons. The number of aryl methyl sites for hydroxylation is 1. The summed E-state index contributed by atoms with van der Waals surface area (Å²) in [5.41, 5.74) is 1.76. The normalized spacial score (nSPS) is 27.1. The molecule has 1 aliphatic carbocycles. The van der Waals surface area contributed by atoms with E-state index in [1.807, 2.05) is 25.1 Å². The predicted molar refractivity (Wildman–Crippen MR) is 81.9 cm³/mol. The fourth-order valence-corrected chi connectivity index (χ4v) is 3.18. The van der Waals surface area contributed by atoms with Crippen LogP contribution in [-0.2, 0) is 0 Å². The van der Waals surface area contributed by atoms with Gasteiger partial charge in [-0.25, -0.2) is 0 Å². The Kier molecular flexibility index (Phi) is 4.56. The molecule has 0 heterocycles. The van der Waals surface area contributed by atoms with Crippen molar-refractivity contribution < 1.29 is 4.79 Å². The largest absolute Gasteiger partial charge is 0.349 e. The van der Waals surface area contributed by atoms with Gasteiger partial charge in [0, 0.05) is 16.5 Å². The van der Waals surface area contributed by atoms with Crippen LogP contribution in [0, 0.1) is 18.8 Å². The molecule has 1 N–H and O–H groups in total. The lowest BCUT2D eigenvalue weighted by molar-refractivity contribution is 0.0898. The highest BCUT2D eigenvalue weighted by atomic mass is 32.1. The number of carbonyl (C=O) groups is 1. The van der Waals surface area contributed by atoms with Crippen molar-refractivity contribution in [3.63, 3.8) is 0 Å². The highest BCUT2D eigenvalue weighted by Gasteiger charge is 2.27. The Morgan fingerprint density at radius 2 is 2.05 bits per heavy atom. The van der Waals surface area contributed by atoms with E-state index in [0.717, 1.165) is 28.4 Å². The number of benzene rings is 1. The number of rotatable bonds is 2. The van der Waals surface area contributed by atoms with E-state index in [2.05, 4.69) is 31.8 Å². The number of hydrogen-bond donors (Lipinski definition) is 2. The second-order valence-corrected chi connectivity index (χ2v) is 6.49. The molecule has 1 aliphatic rings. The first-order chi connectivity index (χ1) is 8.97. The van der Waals surface area contributed by atoms with Gasteiger partial charge < -0.3 is 5.32 Å². The molecular formula is C16H23NOS. The lowest BCUT2D eigenvalue weighted by Crippen LogP contribution is -2.42. The Morgan fingerprint density at radius 3 is 2.74 bits per heavy atom. The molecular weight excluding hydrogens is 254 g/mol. The Bertz CT molecular complexity index is 472. The summed E-state index contributed by atoms with van der Waals surface area (Å²) in [4.78, 5) is 13.2. The quantitative estimate of drug-likeness (QED) is 0.790. The minimum Gasteiger partial charge on any atom is -0.349 e. The van der Waals surface area contributed by atoms with E-state index < -0.39 is 0 Å². The Labute approximate surface area is 121 Å². The van der Waals surface area contributed by atoms with Gasteiger partial charge in [-0.3, -0.25) is 4.79 Å². The van der Waals surface area contributed by atoms with Crippen molar-refractivity contribution in [3.8, 4) is 0 Å². The van der Waals surface area contributed by atoms with Crippen molar-refractivity contribution in [2.45, 2.75) is 51.0 Å². The summed E-state index contributed by atoms with van der Waals surface area (Å²) in [5.74, 6) is 1.39. The number of hydrogen-bond acceptors (Lipinski definition) is 2. The van der Waals surface area contributed by atoms with Gasteiger partial charge in [-0.2, -0.15) is 0 Å². The average molecular weight is 277 g/mol. The van der Waals surface area contributed by atoms with Gasteiger partial charge in [-0.1, -0.05) is 19.9 Å². The van der Waals surface area contributed by atoms with Crippen molar-refractivity contribution in [2.75, 3.05) is 0 Å². The van der Waals surface area contributed by atoms with Crippen molar-refractivity contribution in [3.05, 3.63) is 29.3 Å². The smallest absolute Gasteiger partial charge is 0.251 e. The molecule has 2 nitrogen and oxygen atoms in total. The van der Waals surface area contributed by atoms with Crippen LogP contribution in [0.15, 0.2) is 23.1 Å². The monoisotopic (exact) mass is 277 g/mol. The third kappa shape index (κ3) is 3.53. The van der Waals surface area contributed by atoms with Gasteiger partial charge in [0.2, 0.25) is 0 Å². The van der Waals surface area contributed by atoms with E-state index in [1.165, 1.54) is 12.8 Å². The maximum atomic E-state index is 12.4. The van der Waals surface area contributed by atoms with Crippen LogP contribution < -0.4 is 5.32 Å².